The molecule has 2 aromatic rings. The summed E-state index contributed by atoms with van der Waals surface area (Å²) in [4.78, 5) is 3.83. The van der Waals surface area contributed by atoms with Crippen LogP contribution in [0.3, 0.4) is 0 Å². The molecule has 0 N–H and O–H groups in total. The maximum atomic E-state index is 5.18. The molecule has 0 aliphatic carbocycles. The summed E-state index contributed by atoms with van der Waals surface area (Å²) < 4.78 is 7.06. The van der Waals surface area contributed by atoms with E-state index in [1.807, 2.05) is 4.68 Å². The zero-order valence-corrected chi connectivity index (χ0v) is 14.0. The van der Waals surface area contributed by atoms with Crippen LogP contribution in [0.1, 0.15) is 36.5 Å². The normalized spacial score (nSPS) is 21.1. The monoisotopic (exact) mass is 321 g/mol. The molecule has 3 rings (SSSR count). The van der Waals surface area contributed by atoms with Gasteiger partial charge in [0.1, 0.15) is 6.04 Å². The first-order valence-corrected chi connectivity index (χ1v) is 8.70. The summed E-state index contributed by atoms with van der Waals surface area (Å²) in [7, 11) is 1.70. The number of tetrazole rings is 1. The quantitative estimate of drug-likeness (QED) is 0.816. The van der Waals surface area contributed by atoms with Crippen LogP contribution in [-0.4, -0.2) is 51.9 Å². The number of ether oxygens (including phenoxy) is 1. The second-order valence-electron chi connectivity index (χ2n) is 5.91. The molecule has 0 bridgehead atoms. The summed E-state index contributed by atoms with van der Waals surface area (Å²) in [6, 6.07) is 4.43. The summed E-state index contributed by atoms with van der Waals surface area (Å²) in [6.07, 6.45) is 2.55. The number of hydrogen-bond acceptors (Lipinski definition) is 6. The van der Waals surface area contributed by atoms with E-state index >= 15 is 0 Å². The van der Waals surface area contributed by atoms with Gasteiger partial charge in [-0.25, -0.2) is 4.68 Å². The van der Waals surface area contributed by atoms with Gasteiger partial charge in [0, 0.05) is 18.5 Å². The Balaban J connectivity index is 1.90. The van der Waals surface area contributed by atoms with E-state index in [0.29, 0.717) is 13.2 Å². The Morgan fingerprint density at radius 3 is 3.14 bits per heavy atom. The average Bonchev–Trinajstić information content (AvgIpc) is 3.18. The molecule has 22 heavy (non-hydrogen) atoms. The second-order valence-corrected chi connectivity index (χ2v) is 6.89. The van der Waals surface area contributed by atoms with Gasteiger partial charge in [-0.2, -0.15) is 0 Å². The fourth-order valence-corrected chi connectivity index (χ4v) is 3.98. The molecule has 0 spiro atoms. The predicted octanol–water partition coefficient (Wildman–Crippen LogP) is 2.20. The second kappa shape index (κ2) is 7.30. The smallest absolute Gasteiger partial charge is 0.173 e. The van der Waals surface area contributed by atoms with Crippen molar-refractivity contribution in [3.8, 4) is 0 Å². The molecule has 3 heterocycles. The summed E-state index contributed by atoms with van der Waals surface area (Å²) >= 11 is 1.77. The highest BCUT2D eigenvalue weighted by atomic mass is 32.1. The van der Waals surface area contributed by atoms with Crippen LogP contribution in [0.5, 0.6) is 0 Å². The number of nitrogens with zero attached hydrogens (tertiary/aromatic N) is 5. The van der Waals surface area contributed by atoms with Crippen LogP contribution in [0, 0.1) is 5.92 Å². The van der Waals surface area contributed by atoms with E-state index in [-0.39, 0.29) is 6.04 Å². The van der Waals surface area contributed by atoms with E-state index in [2.05, 4.69) is 44.9 Å². The summed E-state index contributed by atoms with van der Waals surface area (Å²) in [5.74, 6) is 1.65. The molecule has 1 fully saturated rings. The van der Waals surface area contributed by atoms with E-state index in [0.717, 1.165) is 24.8 Å². The molecular formula is C15H23N5OS. The molecule has 2 unspecified atom stereocenters. The number of aromatic nitrogens is 4. The first-order chi connectivity index (χ1) is 10.8. The van der Waals surface area contributed by atoms with Crippen LogP contribution in [0.4, 0.5) is 0 Å². The third kappa shape index (κ3) is 3.37. The number of likely N-dealkylation sites (tertiary alicyclic amines) is 1. The predicted molar refractivity (Wildman–Crippen MR) is 85.8 cm³/mol. The van der Waals surface area contributed by atoms with Gasteiger partial charge in [-0.05, 0) is 47.2 Å². The standard InChI is InChI=1S/C15H23N5OS/c1-12-5-3-7-19(11-12)14(13-6-4-10-22-13)15-16-17-18-20(15)8-9-21-2/h4,6,10,12,14H,3,5,7-9,11H2,1-2H3. The minimum Gasteiger partial charge on any atom is -0.383 e. The lowest BCUT2D eigenvalue weighted by atomic mass is 9.98. The molecule has 2 aromatic heterocycles. The van der Waals surface area contributed by atoms with E-state index < -0.39 is 0 Å². The van der Waals surface area contributed by atoms with Crippen LogP contribution in [0.15, 0.2) is 17.5 Å². The summed E-state index contributed by atoms with van der Waals surface area (Å²) in [5.41, 5.74) is 0. The van der Waals surface area contributed by atoms with Crippen molar-refractivity contribution in [1.82, 2.24) is 25.1 Å². The lowest BCUT2D eigenvalue weighted by Crippen LogP contribution is -2.39. The Morgan fingerprint density at radius 2 is 2.41 bits per heavy atom. The van der Waals surface area contributed by atoms with Crippen molar-refractivity contribution in [3.63, 3.8) is 0 Å². The van der Waals surface area contributed by atoms with Crippen molar-refractivity contribution in [2.24, 2.45) is 5.92 Å². The lowest BCUT2D eigenvalue weighted by molar-refractivity contribution is 0.139. The third-order valence-electron chi connectivity index (χ3n) is 4.18. The SMILES string of the molecule is COCCn1nnnc1C(c1cccs1)N1CCCC(C)C1. The van der Waals surface area contributed by atoms with Gasteiger partial charge in [-0.3, -0.25) is 4.90 Å². The maximum Gasteiger partial charge on any atom is 0.173 e. The van der Waals surface area contributed by atoms with Gasteiger partial charge >= 0.3 is 0 Å². The molecule has 1 aliphatic heterocycles. The molecule has 2 atom stereocenters. The third-order valence-corrected chi connectivity index (χ3v) is 5.10. The Morgan fingerprint density at radius 1 is 1.50 bits per heavy atom. The van der Waals surface area contributed by atoms with Gasteiger partial charge in [-0.1, -0.05) is 13.0 Å². The molecule has 0 amide bonds. The van der Waals surface area contributed by atoms with E-state index in [1.54, 1.807) is 18.4 Å². The molecular weight excluding hydrogens is 298 g/mol. The highest BCUT2D eigenvalue weighted by molar-refractivity contribution is 7.10. The molecule has 120 valence electrons. The van der Waals surface area contributed by atoms with Crippen molar-refractivity contribution >= 4 is 11.3 Å². The van der Waals surface area contributed by atoms with Gasteiger partial charge in [0.2, 0.25) is 0 Å². The number of rotatable bonds is 6. The first kappa shape index (κ1) is 15.6. The van der Waals surface area contributed by atoms with Crippen molar-refractivity contribution in [2.45, 2.75) is 32.4 Å². The first-order valence-electron chi connectivity index (χ1n) is 7.82. The fourth-order valence-electron chi connectivity index (χ4n) is 3.12. The van der Waals surface area contributed by atoms with E-state index in [1.165, 1.54) is 17.7 Å². The minimum absolute atomic E-state index is 0.148. The van der Waals surface area contributed by atoms with Crippen molar-refractivity contribution < 1.29 is 4.74 Å². The Labute approximate surface area is 135 Å². The van der Waals surface area contributed by atoms with Crippen LogP contribution in [0.2, 0.25) is 0 Å². The molecule has 0 radical (unpaired) electrons. The zero-order valence-electron chi connectivity index (χ0n) is 13.2. The minimum atomic E-state index is 0.148. The average molecular weight is 321 g/mol. The Hall–Kier alpha value is -1.31. The fraction of sp³-hybridized carbons (Fsp3) is 0.667. The number of methoxy groups -OCH3 is 1. The molecule has 1 aliphatic rings. The van der Waals surface area contributed by atoms with Crippen LogP contribution in [0.25, 0.3) is 0 Å². The van der Waals surface area contributed by atoms with Gasteiger partial charge in [0.25, 0.3) is 0 Å². The van der Waals surface area contributed by atoms with Crippen LogP contribution in [-0.2, 0) is 11.3 Å². The van der Waals surface area contributed by atoms with Crippen molar-refractivity contribution in [1.29, 1.82) is 0 Å². The van der Waals surface area contributed by atoms with Crippen molar-refractivity contribution in [2.75, 3.05) is 26.8 Å². The van der Waals surface area contributed by atoms with Gasteiger partial charge in [-0.15, -0.1) is 16.4 Å². The molecule has 6 nitrogen and oxygen atoms in total. The lowest BCUT2D eigenvalue weighted by Gasteiger charge is -2.36. The summed E-state index contributed by atoms with van der Waals surface area (Å²) in [5, 5.41) is 14.5. The van der Waals surface area contributed by atoms with E-state index in [4.69, 9.17) is 4.74 Å². The van der Waals surface area contributed by atoms with E-state index in [9.17, 15) is 0 Å². The molecule has 7 heteroatoms. The zero-order chi connectivity index (χ0) is 15.4. The topological polar surface area (TPSA) is 56.1 Å². The van der Waals surface area contributed by atoms with Gasteiger partial charge in [0.15, 0.2) is 5.82 Å². The molecule has 1 saturated heterocycles. The molecule has 0 aromatic carbocycles. The number of piperidine rings is 1. The van der Waals surface area contributed by atoms with Crippen molar-refractivity contribution in [3.05, 3.63) is 28.2 Å². The van der Waals surface area contributed by atoms with Crippen LogP contribution < -0.4 is 0 Å². The van der Waals surface area contributed by atoms with Crippen LogP contribution >= 0.6 is 11.3 Å². The maximum absolute atomic E-state index is 5.18. The Kier molecular flexibility index (Phi) is 5.17. The number of thiophene rings is 1. The largest absolute Gasteiger partial charge is 0.383 e. The Bertz CT molecular complexity index is 570. The number of hydrogen-bond donors (Lipinski definition) is 0. The van der Waals surface area contributed by atoms with Gasteiger partial charge in [0.05, 0.1) is 13.2 Å². The highest BCUT2D eigenvalue weighted by Crippen LogP contribution is 2.33. The molecule has 0 saturated carbocycles. The summed E-state index contributed by atoms with van der Waals surface area (Å²) in [6.45, 7) is 5.82. The van der Waals surface area contributed by atoms with Gasteiger partial charge < -0.3 is 4.74 Å². The highest BCUT2D eigenvalue weighted by Gasteiger charge is 2.31.